The maximum Gasteiger partial charge on any atom is 0.196 e. The number of quaternary nitrogens is 1. The fourth-order valence-corrected chi connectivity index (χ4v) is 1.20. The number of aliphatic hydroxyl groups excluding tert-OH is 1. The minimum Gasteiger partial charge on any atom is -0.502 e. The summed E-state index contributed by atoms with van der Waals surface area (Å²) in [6.45, 7) is 3.85. The Bertz CT molecular complexity index is 274. The molecule has 0 amide bonds. The molecule has 0 aliphatic rings. The summed E-state index contributed by atoms with van der Waals surface area (Å²) < 4.78 is 0. The van der Waals surface area contributed by atoms with Crippen molar-refractivity contribution >= 4 is 17.3 Å². The van der Waals surface area contributed by atoms with Crippen LogP contribution in [0, 0.1) is 13.8 Å². The Balaban J connectivity index is 0.000000671. The highest BCUT2D eigenvalue weighted by molar-refractivity contribution is 6.32. The molecule has 4 heteroatoms. The van der Waals surface area contributed by atoms with Gasteiger partial charge in [0.2, 0.25) is 0 Å². The zero-order valence-corrected chi connectivity index (χ0v) is 8.81. The van der Waals surface area contributed by atoms with E-state index in [-0.39, 0.29) is 5.75 Å². The van der Waals surface area contributed by atoms with E-state index in [9.17, 15) is 5.11 Å². The number of aliphatic hydroxyl groups is 1. The molecule has 74 valence electrons. The zero-order valence-electron chi connectivity index (χ0n) is 8.06. The number of aromatic hydroxyl groups is 1. The van der Waals surface area contributed by atoms with Crippen molar-refractivity contribution in [3.05, 3.63) is 22.2 Å². The summed E-state index contributed by atoms with van der Waals surface area (Å²) >= 11 is 5.70. The third-order valence-corrected chi connectivity index (χ3v) is 2.19. The predicted molar refractivity (Wildman–Crippen MR) is 53.3 cm³/mol. The molecule has 0 heterocycles. The Morgan fingerprint density at radius 2 is 1.77 bits per heavy atom. The second kappa shape index (κ2) is 5.07. The fraction of sp³-hybridized carbons (Fsp3) is 0.333. The second-order valence-corrected chi connectivity index (χ2v) is 3.03. The van der Waals surface area contributed by atoms with Crippen molar-refractivity contribution < 1.29 is 15.9 Å². The standard InChI is InChI=1S/C8H10ClNO.CH4O/c1-4-3-6(9)8(11)7(10)5(4)2;1-2/h3,11H,10H2,1-2H3;2H,1H3/p+1. The van der Waals surface area contributed by atoms with E-state index in [0.29, 0.717) is 10.7 Å². The van der Waals surface area contributed by atoms with E-state index in [4.69, 9.17) is 16.7 Å². The fourth-order valence-electron chi connectivity index (χ4n) is 0.926. The van der Waals surface area contributed by atoms with E-state index < -0.39 is 0 Å². The van der Waals surface area contributed by atoms with Gasteiger partial charge in [-0.05, 0) is 25.5 Å². The molecule has 0 radical (unpaired) electrons. The lowest BCUT2D eigenvalue weighted by atomic mass is 10.1. The van der Waals surface area contributed by atoms with E-state index in [0.717, 1.165) is 18.2 Å². The van der Waals surface area contributed by atoms with Crippen molar-refractivity contribution in [2.45, 2.75) is 13.8 Å². The smallest absolute Gasteiger partial charge is 0.196 e. The Morgan fingerprint density at radius 1 is 1.31 bits per heavy atom. The molecule has 1 aromatic rings. The molecule has 0 aliphatic carbocycles. The molecule has 0 bridgehead atoms. The van der Waals surface area contributed by atoms with E-state index in [1.165, 1.54) is 0 Å². The molecule has 1 rings (SSSR count). The number of phenolic OH excluding ortho intramolecular Hbond substituents is 1. The first kappa shape index (κ1) is 12.2. The Hall–Kier alpha value is -0.770. The van der Waals surface area contributed by atoms with Crippen molar-refractivity contribution in [3.63, 3.8) is 0 Å². The van der Waals surface area contributed by atoms with Gasteiger partial charge in [-0.25, -0.2) is 0 Å². The molecule has 0 saturated heterocycles. The molecule has 0 fully saturated rings. The van der Waals surface area contributed by atoms with Crippen LogP contribution in [0.15, 0.2) is 6.07 Å². The van der Waals surface area contributed by atoms with Crippen molar-refractivity contribution in [1.29, 1.82) is 0 Å². The number of phenols is 1. The Labute approximate surface area is 82.8 Å². The minimum atomic E-state index is 0.0924. The van der Waals surface area contributed by atoms with Gasteiger partial charge in [-0.1, -0.05) is 11.6 Å². The summed E-state index contributed by atoms with van der Waals surface area (Å²) in [4.78, 5) is 0. The van der Waals surface area contributed by atoms with Gasteiger partial charge < -0.3 is 15.9 Å². The Kier molecular flexibility index (Phi) is 4.77. The summed E-state index contributed by atoms with van der Waals surface area (Å²) in [7, 11) is 1.00. The van der Waals surface area contributed by atoms with Gasteiger partial charge in [-0.3, -0.25) is 0 Å². The summed E-state index contributed by atoms with van der Waals surface area (Å²) in [5, 5.41) is 16.7. The maximum absolute atomic E-state index is 9.32. The van der Waals surface area contributed by atoms with Crippen molar-refractivity contribution in [2.24, 2.45) is 0 Å². The first-order valence-corrected chi connectivity index (χ1v) is 4.17. The van der Waals surface area contributed by atoms with E-state index >= 15 is 0 Å². The third kappa shape index (κ3) is 2.59. The maximum atomic E-state index is 9.32. The largest absolute Gasteiger partial charge is 0.502 e. The SMILES string of the molecule is CO.Cc1cc(Cl)c(O)c([NH3+])c1C. The topological polar surface area (TPSA) is 68.1 Å². The van der Waals surface area contributed by atoms with Gasteiger partial charge >= 0.3 is 0 Å². The molecule has 0 saturated carbocycles. The van der Waals surface area contributed by atoms with Crippen molar-refractivity contribution in [3.8, 4) is 5.75 Å². The molecular weight excluding hydrogens is 190 g/mol. The number of benzene rings is 1. The average molecular weight is 205 g/mol. The van der Waals surface area contributed by atoms with Gasteiger partial charge in [0, 0.05) is 12.7 Å². The number of aryl methyl sites for hydroxylation is 1. The van der Waals surface area contributed by atoms with Gasteiger partial charge in [0.15, 0.2) is 11.4 Å². The second-order valence-electron chi connectivity index (χ2n) is 2.63. The van der Waals surface area contributed by atoms with Crippen molar-refractivity contribution in [1.82, 2.24) is 0 Å². The van der Waals surface area contributed by atoms with Crippen LogP contribution in [0.5, 0.6) is 5.75 Å². The summed E-state index contributed by atoms with van der Waals surface area (Å²) in [6, 6.07) is 1.74. The van der Waals surface area contributed by atoms with Crippen LogP contribution >= 0.6 is 11.6 Å². The van der Waals surface area contributed by atoms with Gasteiger partial charge in [0.25, 0.3) is 0 Å². The molecule has 0 aliphatic heterocycles. The van der Waals surface area contributed by atoms with Crippen LogP contribution in [0.4, 0.5) is 5.69 Å². The molecule has 0 atom stereocenters. The van der Waals surface area contributed by atoms with Crippen LogP contribution in [0.1, 0.15) is 11.1 Å². The lowest BCUT2D eigenvalue weighted by Crippen LogP contribution is -2.41. The normalized spacial score (nSPS) is 9.08. The van der Waals surface area contributed by atoms with Crippen LogP contribution in [0.3, 0.4) is 0 Å². The van der Waals surface area contributed by atoms with Crippen LogP contribution in [0.2, 0.25) is 5.02 Å². The van der Waals surface area contributed by atoms with Crippen molar-refractivity contribution in [2.75, 3.05) is 7.11 Å². The minimum absolute atomic E-state index is 0.0924. The molecule has 5 N–H and O–H groups in total. The average Bonchev–Trinajstić information content (AvgIpc) is 2.15. The lowest BCUT2D eigenvalue weighted by molar-refractivity contribution is -0.257. The molecule has 13 heavy (non-hydrogen) atoms. The number of hydrogen-bond donors (Lipinski definition) is 3. The van der Waals surface area contributed by atoms with Gasteiger partial charge in [-0.15, -0.1) is 0 Å². The zero-order chi connectivity index (χ0) is 10.6. The summed E-state index contributed by atoms with van der Waals surface area (Å²) in [6.07, 6.45) is 0. The first-order valence-electron chi connectivity index (χ1n) is 3.79. The molecule has 0 aromatic heterocycles. The quantitative estimate of drug-likeness (QED) is 0.594. The van der Waals surface area contributed by atoms with Crippen LogP contribution in [0.25, 0.3) is 0 Å². The molecular formula is C9H15ClNO2+. The number of halogens is 1. The highest BCUT2D eigenvalue weighted by atomic mass is 35.5. The van der Waals surface area contributed by atoms with Crippen LogP contribution < -0.4 is 5.73 Å². The first-order chi connectivity index (χ1) is 6.04. The number of hydrogen-bond acceptors (Lipinski definition) is 2. The number of rotatable bonds is 0. The molecule has 1 aromatic carbocycles. The van der Waals surface area contributed by atoms with Gasteiger partial charge in [0.05, 0.1) is 5.02 Å². The molecule has 0 unspecified atom stereocenters. The molecule has 3 nitrogen and oxygen atoms in total. The molecule has 0 spiro atoms. The van der Waals surface area contributed by atoms with E-state index in [1.54, 1.807) is 6.07 Å². The van der Waals surface area contributed by atoms with E-state index in [1.807, 2.05) is 13.8 Å². The van der Waals surface area contributed by atoms with Gasteiger partial charge in [-0.2, -0.15) is 0 Å². The third-order valence-electron chi connectivity index (χ3n) is 1.90. The lowest BCUT2D eigenvalue weighted by Gasteiger charge is -2.04. The van der Waals surface area contributed by atoms with Crippen LogP contribution in [-0.2, 0) is 0 Å². The monoisotopic (exact) mass is 204 g/mol. The van der Waals surface area contributed by atoms with Gasteiger partial charge in [0.1, 0.15) is 0 Å². The summed E-state index contributed by atoms with van der Waals surface area (Å²) in [5.74, 6) is 0.0924. The highest BCUT2D eigenvalue weighted by Gasteiger charge is 2.10. The van der Waals surface area contributed by atoms with Crippen LogP contribution in [-0.4, -0.2) is 17.3 Å². The highest BCUT2D eigenvalue weighted by Crippen LogP contribution is 2.32. The predicted octanol–water partition coefficient (Wildman–Crippen LogP) is 1.14. The summed E-state index contributed by atoms with van der Waals surface area (Å²) in [5.41, 5.74) is 6.37. The van der Waals surface area contributed by atoms with E-state index in [2.05, 4.69) is 5.73 Å². The Morgan fingerprint density at radius 3 is 2.23 bits per heavy atom.